The molecule has 4 rings (SSSR count). The molecule has 2 aromatic carbocycles. The van der Waals surface area contributed by atoms with E-state index in [1.165, 1.54) is 0 Å². The Morgan fingerprint density at radius 3 is 2.65 bits per heavy atom. The summed E-state index contributed by atoms with van der Waals surface area (Å²) in [6.45, 7) is 1.22. The first-order valence-electron chi connectivity index (χ1n) is 8.15. The predicted octanol–water partition coefficient (Wildman–Crippen LogP) is 3.85. The van der Waals surface area contributed by atoms with Crippen molar-refractivity contribution >= 4 is 28.7 Å². The predicted molar refractivity (Wildman–Crippen MR) is 102 cm³/mol. The summed E-state index contributed by atoms with van der Waals surface area (Å²) in [5.74, 6) is 0.694. The maximum atomic E-state index is 6.13. The summed E-state index contributed by atoms with van der Waals surface area (Å²) < 4.78 is 9.53. The minimum absolute atomic E-state index is 0.518. The fourth-order valence-electron chi connectivity index (χ4n) is 2.76. The van der Waals surface area contributed by atoms with Gasteiger partial charge in [-0.1, -0.05) is 41.9 Å². The van der Waals surface area contributed by atoms with Gasteiger partial charge in [0.05, 0.1) is 17.8 Å². The maximum Gasteiger partial charge on any atom is 0.141 e. The van der Waals surface area contributed by atoms with Crippen LogP contribution in [0.2, 0.25) is 5.02 Å². The lowest BCUT2D eigenvalue weighted by Crippen LogP contribution is -2.07. The van der Waals surface area contributed by atoms with Gasteiger partial charge in [-0.05, 0) is 18.2 Å². The van der Waals surface area contributed by atoms with Crippen molar-refractivity contribution in [1.29, 1.82) is 0 Å². The zero-order chi connectivity index (χ0) is 17.8. The van der Waals surface area contributed by atoms with Crippen LogP contribution in [0.15, 0.2) is 72.5 Å². The summed E-state index contributed by atoms with van der Waals surface area (Å²) in [5.41, 5.74) is 2.15. The lowest BCUT2D eigenvalue weighted by atomic mass is 10.2. The van der Waals surface area contributed by atoms with Crippen LogP contribution in [0.3, 0.4) is 0 Å². The number of para-hydroxylation sites is 2. The van der Waals surface area contributed by atoms with Gasteiger partial charge < -0.3 is 9.30 Å². The minimum Gasteiger partial charge on any atom is -0.490 e. The average Bonchev–Trinajstić information content (AvgIpc) is 3.30. The molecular weight excluding hydrogens is 350 g/mol. The molecular formula is C19H16ClN5O. The first-order valence-corrected chi connectivity index (χ1v) is 8.53. The SMILES string of the molecule is Clc1ccccc1OCCn1cc(/C=N\n2cnnc2)c2ccccc21. The van der Waals surface area contributed by atoms with Gasteiger partial charge in [0.2, 0.25) is 0 Å². The number of nitrogens with zero attached hydrogens (tertiary/aromatic N) is 5. The van der Waals surface area contributed by atoms with Crippen LogP contribution in [0.25, 0.3) is 10.9 Å². The van der Waals surface area contributed by atoms with Crippen molar-refractivity contribution in [3.63, 3.8) is 0 Å². The van der Waals surface area contributed by atoms with Gasteiger partial charge in [-0.15, -0.1) is 10.2 Å². The van der Waals surface area contributed by atoms with E-state index in [0.29, 0.717) is 23.9 Å². The third kappa shape index (κ3) is 3.45. The lowest BCUT2D eigenvalue weighted by Gasteiger charge is -2.09. The second-order valence-electron chi connectivity index (χ2n) is 5.66. The minimum atomic E-state index is 0.518. The van der Waals surface area contributed by atoms with E-state index in [9.17, 15) is 0 Å². The van der Waals surface area contributed by atoms with Crippen LogP contribution < -0.4 is 4.74 Å². The van der Waals surface area contributed by atoms with E-state index in [-0.39, 0.29) is 0 Å². The molecule has 0 aliphatic carbocycles. The normalized spacial score (nSPS) is 11.4. The molecule has 0 bridgehead atoms. The Bertz CT molecular complexity index is 1040. The molecule has 4 aromatic rings. The zero-order valence-corrected chi connectivity index (χ0v) is 14.6. The summed E-state index contributed by atoms with van der Waals surface area (Å²) in [6, 6.07) is 15.7. The highest BCUT2D eigenvalue weighted by Crippen LogP contribution is 2.24. The van der Waals surface area contributed by atoms with E-state index < -0.39 is 0 Å². The van der Waals surface area contributed by atoms with Crippen LogP contribution >= 0.6 is 11.6 Å². The number of ether oxygens (including phenoxy) is 1. The highest BCUT2D eigenvalue weighted by atomic mass is 35.5. The van der Waals surface area contributed by atoms with E-state index in [1.54, 1.807) is 23.5 Å². The van der Waals surface area contributed by atoms with Crippen molar-refractivity contribution < 1.29 is 4.74 Å². The van der Waals surface area contributed by atoms with Crippen molar-refractivity contribution in [1.82, 2.24) is 19.4 Å². The molecule has 26 heavy (non-hydrogen) atoms. The van der Waals surface area contributed by atoms with Crippen molar-refractivity contribution in [3.05, 3.63) is 78.0 Å². The fraction of sp³-hybridized carbons (Fsp3) is 0.105. The molecule has 0 fully saturated rings. The molecule has 0 unspecified atom stereocenters. The molecule has 0 radical (unpaired) electrons. The Labute approximate surface area is 155 Å². The van der Waals surface area contributed by atoms with Gasteiger partial charge in [-0.2, -0.15) is 5.10 Å². The molecule has 130 valence electrons. The van der Waals surface area contributed by atoms with E-state index in [0.717, 1.165) is 16.5 Å². The topological polar surface area (TPSA) is 57.2 Å². The summed E-state index contributed by atoms with van der Waals surface area (Å²) in [5, 5.41) is 13.6. The Hall–Kier alpha value is -3.12. The third-order valence-corrected chi connectivity index (χ3v) is 4.29. The fourth-order valence-corrected chi connectivity index (χ4v) is 2.95. The number of hydrogen-bond donors (Lipinski definition) is 0. The van der Waals surface area contributed by atoms with Crippen LogP contribution in [0.4, 0.5) is 0 Å². The number of fused-ring (bicyclic) bond motifs is 1. The third-order valence-electron chi connectivity index (χ3n) is 3.98. The number of aromatic nitrogens is 4. The molecule has 2 aromatic heterocycles. The standard InChI is InChI=1S/C19H16ClN5O/c20-17-6-2-4-8-19(17)26-10-9-24-12-15(11-23-25-13-21-22-14-25)16-5-1-3-7-18(16)24/h1-8,11-14H,9-10H2/b23-11-. The molecule has 0 aliphatic rings. The van der Waals surface area contributed by atoms with Crippen LogP contribution in [0.1, 0.15) is 5.56 Å². The van der Waals surface area contributed by atoms with E-state index in [4.69, 9.17) is 16.3 Å². The van der Waals surface area contributed by atoms with Gasteiger partial charge in [0.25, 0.3) is 0 Å². The van der Waals surface area contributed by atoms with Crippen molar-refractivity contribution in [3.8, 4) is 5.75 Å². The van der Waals surface area contributed by atoms with E-state index in [2.05, 4.69) is 38.2 Å². The Balaban J connectivity index is 1.54. The molecule has 0 atom stereocenters. The Morgan fingerprint density at radius 1 is 1.04 bits per heavy atom. The molecule has 0 N–H and O–H groups in total. The summed E-state index contributed by atoms with van der Waals surface area (Å²) in [7, 11) is 0. The second kappa shape index (κ2) is 7.41. The second-order valence-corrected chi connectivity index (χ2v) is 6.07. The van der Waals surface area contributed by atoms with Crippen molar-refractivity contribution in [2.45, 2.75) is 6.54 Å². The monoisotopic (exact) mass is 365 g/mol. The van der Waals surface area contributed by atoms with Crippen molar-refractivity contribution in [2.75, 3.05) is 6.61 Å². The largest absolute Gasteiger partial charge is 0.490 e. The highest BCUT2D eigenvalue weighted by molar-refractivity contribution is 6.32. The number of rotatable bonds is 6. The Morgan fingerprint density at radius 2 is 1.81 bits per heavy atom. The first kappa shape index (κ1) is 16.4. The molecule has 2 heterocycles. The molecule has 0 aliphatic heterocycles. The van der Waals surface area contributed by atoms with Gasteiger partial charge in [0.15, 0.2) is 0 Å². The lowest BCUT2D eigenvalue weighted by molar-refractivity contribution is 0.300. The van der Waals surface area contributed by atoms with E-state index >= 15 is 0 Å². The van der Waals surface area contributed by atoms with Gasteiger partial charge in [-0.25, -0.2) is 4.68 Å². The van der Waals surface area contributed by atoms with Crippen LogP contribution in [0.5, 0.6) is 5.75 Å². The number of hydrogen-bond acceptors (Lipinski definition) is 4. The summed E-state index contributed by atoms with van der Waals surface area (Å²) >= 11 is 6.13. The zero-order valence-electron chi connectivity index (χ0n) is 13.9. The Kier molecular flexibility index (Phi) is 4.66. The highest BCUT2D eigenvalue weighted by Gasteiger charge is 2.07. The quantitative estimate of drug-likeness (QED) is 0.488. The summed E-state index contributed by atoms with van der Waals surface area (Å²) in [6.07, 6.45) is 6.96. The molecule has 0 saturated heterocycles. The van der Waals surface area contributed by atoms with Gasteiger partial charge in [0, 0.05) is 22.7 Å². The van der Waals surface area contributed by atoms with E-state index in [1.807, 2.05) is 36.4 Å². The smallest absolute Gasteiger partial charge is 0.141 e. The average molecular weight is 366 g/mol. The van der Waals surface area contributed by atoms with Crippen molar-refractivity contribution in [2.24, 2.45) is 5.10 Å². The maximum absolute atomic E-state index is 6.13. The molecule has 6 nitrogen and oxygen atoms in total. The van der Waals surface area contributed by atoms with Gasteiger partial charge >= 0.3 is 0 Å². The van der Waals surface area contributed by atoms with Gasteiger partial charge in [0.1, 0.15) is 25.0 Å². The molecule has 7 heteroatoms. The first-order chi connectivity index (χ1) is 12.8. The molecule has 0 amide bonds. The van der Waals surface area contributed by atoms with Crippen LogP contribution in [0, 0.1) is 0 Å². The molecule has 0 spiro atoms. The summed E-state index contributed by atoms with van der Waals surface area (Å²) in [4.78, 5) is 0. The number of halogens is 1. The van der Waals surface area contributed by atoms with Gasteiger partial charge in [-0.3, -0.25) is 0 Å². The van der Waals surface area contributed by atoms with Crippen LogP contribution in [-0.2, 0) is 6.54 Å². The molecule has 0 saturated carbocycles. The number of benzene rings is 2. The van der Waals surface area contributed by atoms with Crippen LogP contribution in [-0.4, -0.2) is 32.3 Å².